The maximum Gasteiger partial charge on any atom is 0.419 e. The van der Waals surface area contributed by atoms with Gasteiger partial charge in [0.15, 0.2) is 11.6 Å². The minimum absolute atomic E-state index is 0.213. The monoisotopic (exact) mass is 308 g/mol. The fraction of sp³-hybridized carbons (Fsp3) is 0.500. The molecule has 1 saturated carbocycles. The van der Waals surface area contributed by atoms with Gasteiger partial charge in [0, 0.05) is 0 Å². The highest BCUT2D eigenvalue weighted by molar-refractivity contribution is 5.70. The minimum atomic E-state index is -4.98. The molecule has 1 fully saturated rings. The summed E-state index contributed by atoms with van der Waals surface area (Å²) in [5.41, 5.74) is -1.86. The Kier molecular flexibility index (Phi) is 4.20. The van der Waals surface area contributed by atoms with Crippen molar-refractivity contribution >= 4 is 5.97 Å². The highest BCUT2D eigenvalue weighted by Crippen LogP contribution is 2.43. The van der Waals surface area contributed by atoms with Crippen LogP contribution in [0.15, 0.2) is 12.1 Å². The zero-order valence-electron chi connectivity index (χ0n) is 10.9. The summed E-state index contributed by atoms with van der Waals surface area (Å²) in [5, 5.41) is 8.87. The van der Waals surface area contributed by atoms with Crippen LogP contribution in [0.2, 0.25) is 0 Å². The molecule has 0 radical (unpaired) electrons. The van der Waals surface area contributed by atoms with Crippen molar-refractivity contribution in [3.05, 3.63) is 34.9 Å². The second-order valence-electron chi connectivity index (χ2n) is 5.21. The standard InChI is InChI=1S/C14H13F5O2/c15-10-6-5-9(11(12(10)16)14(17,18)19)7-1-3-8(4-2-7)13(20)21/h5-8H,1-4H2,(H,20,21). The number of halogens is 5. The summed E-state index contributed by atoms with van der Waals surface area (Å²) in [6.45, 7) is 0. The molecule has 0 atom stereocenters. The van der Waals surface area contributed by atoms with Crippen LogP contribution < -0.4 is 0 Å². The molecule has 1 N–H and O–H groups in total. The number of carboxylic acids is 1. The van der Waals surface area contributed by atoms with E-state index in [4.69, 9.17) is 5.11 Å². The van der Waals surface area contributed by atoms with Gasteiger partial charge in [-0.2, -0.15) is 13.2 Å². The number of benzene rings is 1. The summed E-state index contributed by atoms with van der Waals surface area (Å²) in [6.07, 6.45) is -4.09. The van der Waals surface area contributed by atoms with E-state index in [0.717, 1.165) is 6.07 Å². The smallest absolute Gasteiger partial charge is 0.419 e. The van der Waals surface area contributed by atoms with Gasteiger partial charge in [0.05, 0.1) is 11.5 Å². The van der Waals surface area contributed by atoms with E-state index in [-0.39, 0.29) is 31.2 Å². The molecule has 1 aliphatic carbocycles. The molecule has 1 aromatic carbocycles. The van der Waals surface area contributed by atoms with Gasteiger partial charge in [-0.3, -0.25) is 4.79 Å². The van der Waals surface area contributed by atoms with E-state index >= 15 is 0 Å². The van der Waals surface area contributed by atoms with Crippen LogP contribution in [0.3, 0.4) is 0 Å². The summed E-state index contributed by atoms with van der Waals surface area (Å²) in [5.74, 6) is -5.59. The molecule has 7 heteroatoms. The van der Waals surface area contributed by atoms with E-state index in [1.54, 1.807) is 0 Å². The van der Waals surface area contributed by atoms with Crippen molar-refractivity contribution in [1.29, 1.82) is 0 Å². The van der Waals surface area contributed by atoms with Crippen LogP contribution in [0, 0.1) is 17.6 Å². The maximum absolute atomic E-state index is 13.5. The first-order chi connectivity index (χ1) is 9.71. The Bertz CT molecular complexity index is 545. The van der Waals surface area contributed by atoms with Crippen LogP contribution in [-0.2, 0) is 11.0 Å². The van der Waals surface area contributed by atoms with Gasteiger partial charge in [0.1, 0.15) is 0 Å². The predicted octanol–water partition coefficient (Wildman–Crippen LogP) is 4.34. The van der Waals surface area contributed by atoms with E-state index in [2.05, 4.69) is 0 Å². The third-order valence-corrected chi connectivity index (χ3v) is 3.93. The van der Waals surface area contributed by atoms with Gasteiger partial charge in [0.2, 0.25) is 0 Å². The second-order valence-corrected chi connectivity index (χ2v) is 5.21. The number of alkyl halides is 3. The van der Waals surface area contributed by atoms with Crippen LogP contribution >= 0.6 is 0 Å². The summed E-state index contributed by atoms with van der Waals surface area (Å²) >= 11 is 0. The van der Waals surface area contributed by atoms with Crippen LogP contribution in [0.1, 0.15) is 42.7 Å². The van der Waals surface area contributed by atoms with E-state index < -0.39 is 41.2 Å². The normalized spacial score (nSPS) is 23.1. The Morgan fingerprint density at radius 2 is 1.67 bits per heavy atom. The van der Waals surface area contributed by atoms with Gasteiger partial charge in [-0.25, -0.2) is 8.78 Å². The molecule has 2 rings (SSSR count). The lowest BCUT2D eigenvalue weighted by Gasteiger charge is -2.28. The largest absolute Gasteiger partial charge is 0.481 e. The number of carbonyl (C=O) groups is 1. The molecule has 116 valence electrons. The van der Waals surface area contributed by atoms with Crippen molar-refractivity contribution in [2.24, 2.45) is 5.92 Å². The maximum atomic E-state index is 13.5. The predicted molar refractivity (Wildman–Crippen MR) is 63.7 cm³/mol. The molecular formula is C14H13F5O2. The Hall–Kier alpha value is -1.66. The van der Waals surface area contributed by atoms with Crippen LogP contribution in [0.5, 0.6) is 0 Å². The van der Waals surface area contributed by atoms with E-state index in [9.17, 15) is 26.7 Å². The average molecular weight is 308 g/mol. The van der Waals surface area contributed by atoms with Crippen LogP contribution in [0.4, 0.5) is 22.0 Å². The molecular weight excluding hydrogens is 295 g/mol. The molecule has 0 bridgehead atoms. The van der Waals surface area contributed by atoms with Crippen molar-refractivity contribution in [1.82, 2.24) is 0 Å². The van der Waals surface area contributed by atoms with Gasteiger partial charge in [-0.15, -0.1) is 0 Å². The quantitative estimate of drug-likeness (QED) is 0.825. The summed E-state index contributed by atoms with van der Waals surface area (Å²) in [4.78, 5) is 10.8. The van der Waals surface area contributed by atoms with E-state index in [1.807, 2.05) is 0 Å². The van der Waals surface area contributed by atoms with Gasteiger partial charge >= 0.3 is 12.1 Å². The molecule has 2 nitrogen and oxygen atoms in total. The molecule has 1 aromatic rings. The van der Waals surface area contributed by atoms with Gasteiger partial charge in [-0.05, 0) is 43.2 Å². The Balaban J connectivity index is 2.33. The SMILES string of the molecule is O=C(O)C1CCC(c2ccc(F)c(F)c2C(F)(F)F)CC1. The minimum Gasteiger partial charge on any atom is -0.481 e. The third kappa shape index (κ3) is 3.16. The molecule has 0 heterocycles. The average Bonchev–Trinajstić information content (AvgIpc) is 2.40. The first-order valence-electron chi connectivity index (χ1n) is 6.49. The van der Waals surface area contributed by atoms with E-state index in [1.165, 1.54) is 0 Å². The number of carboxylic acid groups (broad SMARTS) is 1. The molecule has 0 amide bonds. The van der Waals surface area contributed by atoms with Crippen molar-refractivity contribution < 1.29 is 31.9 Å². The first kappa shape index (κ1) is 15.7. The zero-order valence-corrected chi connectivity index (χ0v) is 10.9. The highest BCUT2D eigenvalue weighted by atomic mass is 19.4. The molecule has 0 saturated heterocycles. The number of aliphatic carboxylic acids is 1. The second kappa shape index (κ2) is 5.61. The fourth-order valence-electron chi connectivity index (χ4n) is 2.85. The fourth-order valence-corrected chi connectivity index (χ4v) is 2.85. The number of hydrogen-bond acceptors (Lipinski definition) is 1. The molecule has 0 aliphatic heterocycles. The Morgan fingerprint density at radius 1 is 1.10 bits per heavy atom. The van der Waals surface area contributed by atoms with Gasteiger partial charge < -0.3 is 5.11 Å². The lowest BCUT2D eigenvalue weighted by molar-refractivity contribution is -0.144. The topological polar surface area (TPSA) is 37.3 Å². The van der Waals surface area contributed by atoms with Crippen LogP contribution in [0.25, 0.3) is 0 Å². The molecule has 1 aliphatic rings. The van der Waals surface area contributed by atoms with Crippen molar-refractivity contribution in [2.45, 2.75) is 37.8 Å². The van der Waals surface area contributed by atoms with Gasteiger partial charge in [-0.1, -0.05) is 6.07 Å². The third-order valence-electron chi connectivity index (χ3n) is 3.93. The summed E-state index contributed by atoms with van der Waals surface area (Å²) < 4.78 is 65.4. The van der Waals surface area contributed by atoms with Crippen molar-refractivity contribution in [3.8, 4) is 0 Å². The Morgan fingerprint density at radius 3 is 2.14 bits per heavy atom. The zero-order chi connectivity index (χ0) is 15.8. The lowest BCUT2D eigenvalue weighted by atomic mass is 9.77. The highest BCUT2D eigenvalue weighted by Gasteiger charge is 2.40. The van der Waals surface area contributed by atoms with Crippen molar-refractivity contribution in [2.75, 3.05) is 0 Å². The molecule has 21 heavy (non-hydrogen) atoms. The van der Waals surface area contributed by atoms with Crippen molar-refractivity contribution in [3.63, 3.8) is 0 Å². The van der Waals surface area contributed by atoms with Gasteiger partial charge in [0.25, 0.3) is 0 Å². The van der Waals surface area contributed by atoms with E-state index in [0.29, 0.717) is 6.07 Å². The molecule has 0 aromatic heterocycles. The lowest BCUT2D eigenvalue weighted by Crippen LogP contribution is -2.23. The summed E-state index contributed by atoms with van der Waals surface area (Å²) in [6, 6.07) is 1.64. The first-order valence-corrected chi connectivity index (χ1v) is 6.49. The summed E-state index contributed by atoms with van der Waals surface area (Å²) in [7, 11) is 0. The number of hydrogen-bond donors (Lipinski definition) is 1. The van der Waals surface area contributed by atoms with Crippen LogP contribution in [-0.4, -0.2) is 11.1 Å². The Labute approximate surface area is 117 Å². The molecule has 0 spiro atoms. The number of rotatable bonds is 2. The molecule has 0 unspecified atom stereocenters.